The van der Waals surface area contributed by atoms with Gasteiger partial charge in [-0.05, 0) is 43.3 Å². The van der Waals surface area contributed by atoms with E-state index in [1.165, 1.54) is 17.8 Å². The minimum atomic E-state index is -4.64. The zero-order valence-corrected chi connectivity index (χ0v) is 20.5. The number of nitrogens with zero attached hydrogens (tertiary/aromatic N) is 4. The molecule has 0 aliphatic carbocycles. The van der Waals surface area contributed by atoms with Gasteiger partial charge >= 0.3 is 6.18 Å². The van der Waals surface area contributed by atoms with E-state index in [2.05, 4.69) is 15.1 Å². The number of alkyl halides is 3. The number of aromatic nitrogens is 4. The number of hydrogen-bond donors (Lipinski definition) is 1. The lowest BCUT2D eigenvalue weighted by molar-refractivity contribution is -0.137. The lowest BCUT2D eigenvalue weighted by atomic mass is 10.1. The number of pyridine rings is 1. The number of benzene rings is 1. The molecule has 0 saturated heterocycles. The first-order chi connectivity index (χ1) is 17.7. The summed E-state index contributed by atoms with van der Waals surface area (Å²) in [4.78, 5) is 8.19. The molecule has 3 heterocycles. The van der Waals surface area contributed by atoms with Crippen molar-refractivity contribution < 1.29 is 32.1 Å². The maximum absolute atomic E-state index is 13.4. The Bertz CT molecular complexity index is 1390. The Kier molecular flexibility index (Phi) is 7.79. The van der Waals surface area contributed by atoms with Crippen LogP contribution < -0.4 is 15.2 Å². The van der Waals surface area contributed by atoms with Crippen molar-refractivity contribution in [3.63, 3.8) is 0 Å². The zero-order valence-electron chi connectivity index (χ0n) is 20.5. The molecule has 9 nitrogen and oxygen atoms in total. The molecule has 0 aliphatic heterocycles. The van der Waals surface area contributed by atoms with Crippen LogP contribution in [0.25, 0.3) is 28.2 Å². The van der Waals surface area contributed by atoms with Gasteiger partial charge in [-0.15, -0.1) is 0 Å². The quantitative estimate of drug-likeness (QED) is 0.308. The molecule has 4 aromatic rings. The molecule has 0 radical (unpaired) electrons. The lowest BCUT2D eigenvalue weighted by Crippen LogP contribution is -2.11. The molecule has 12 heteroatoms. The summed E-state index contributed by atoms with van der Waals surface area (Å²) >= 11 is 0. The monoisotopic (exact) mass is 517 g/mol. The first-order valence-electron chi connectivity index (χ1n) is 11.3. The van der Waals surface area contributed by atoms with Crippen LogP contribution in [0.3, 0.4) is 0 Å². The Balaban J connectivity index is 1.65. The maximum Gasteiger partial charge on any atom is 0.419 e. The second-order valence-corrected chi connectivity index (χ2v) is 8.01. The average Bonchev–Trinajstić information content (AvgIpc) is 3.20. The second kappa shape index (κ2) is 11.0. The van der Waals surface area contributed by atoms with Crippen LogP contribution in [0.2, 0.25) is 0 Å². The summed E-state index contributed by atoms with van der Waals surface area (Å²) in [5.74, 6) is 0.442. The highest BCUT2D eigenvalue weighted by atomic mass is 19.4. The smallest absolute Gasteiger partial charge is 0.419 e. The second-order valence-electron chi connectivity index (χ2n) is 8.01. The van der Waals surface area contributed by atoms with E-state index in [1.807, 2.05) is 6.07 Å². The average molecular weight is 518 g/mol. The van der Waals surface area contributed by atoms with E-state index in [4.69, 9.17) is 24.7 Å². The van der Waals surface area contributed by atoms with Crippen LogP contribution in [0.5, 0.6) is 11.5 Å². The third kappa shape index (κ3) is 5.75. The molecule has 0 fully saturated rings. The number of fused-ring (bicyclic) bond motifs is 1. The van der Waals surface area contributed by atoms with E-state index in [9.17, 15) is 13.2 Å². The molecule has 0 amide bonds. The van der Waals surface area contributed by atoms with Gasteiger partial charge in [-0.3, -0.25) is 0 Å². The van der Waals surface area contributed by atoms with Gasteiger partial charge in [0.15, 0.2) is 17.1 Å². The van der Waals surface area contributed by atoms with Gasteiger partial charge in [-0.2, -0.15) is 18.3 Å². The number of imidazole rings is 1. The number of rotatable bonds is 10. The molecule has 0 spiro atoms. The van der Waals surface area contributed by atoms with Gasteiger partial charge in [0, 0.05) is 24.4 Å². The van der Waals surface area contributed by atoms with Crippen molar-refractivity contribution in [2.24, 2.45) is 0 Å². The van der Waals surface area contributed by atoms with E-state index >= 15 is 0 Å². The first-order valence-corrected chi connectivity index (χ1v) is 11.3. The number of nitrogens with two attached hydrogens (primary N) is 1. The normalized spacial score (nSPS) is 11.7. The molecular weight excluding hydrogens is 491 g/mol. The Hall–Kier alpha value is -3.90. The largest absolute Gasteiger partial charge is 0.493 e. The Morgan fingerprint density at radius 1 is 0.946 bits per heavy atom. The minimum absolute atomic E-state index is 0.199. The van der Waals surface area contributed by atoms with Gasteiger partial charge in [0.2, 0.25) is 0 Å². The summed E-state index contributed by atoms with van der Waals surface area (Å²) in [7, 11) is 3.13. The fraction of sp³-hybridized carbons (Fsp3) is 0.320. The topological polar surface area (TPSA) is 106 Å². The first kappa shape index (κ1) is 26.2. The van der Waals surface area contributed by atoms with Crippen molar-refractivity contribution in [3.05, 3.63) is 53.9 Å². The molecule has 2 N–H and O–H groups in total. The Labute approximate surface area is 211 Å². The minimum Gasteiger partial charge on any atom is -0.493 e. The third-order valence-corrected chi connectivity index (χ3v) is 5.53. The molecule has 4 rings (SSSR count). The number of ether oxygens (including phenoxy) is 4. The van der Waals surface area contributed by atoms with Crippen molar-refractivity contribution in [1.82, 2.24) is 19.6 Å². The van der Waals surface area contributed by atoms with Gasteiger partial charge < -0.3 is 24.7 Å². The molecule has 0 atom stereocenters. The zero-order chi connectivity index (χ0) is 26.6. The molecule has 0 saturated carbocycles. The van der Waals surface area contributed by atoms with E-state index in [0.717, 1.165) is 6.07 Å². The SMILES string of the molecule is COCCOCCOc1ccc(-c2ccc3nc(C)c(-c4cnc(N)c(C(F)(F)F)c4)n3n2)cc1OC. The number of aryl methyl sites for hydroxylation is 1. The van der Waals surface area contributed by atoms with Gasteiger partial charge in [0.05, 0.1) is 49.6 Å². The van der Waals surface area contributed by atoms with E-state index in [1.54, 1.807) is 38.3 Å². The molecule has 37 heavy (non-hydrogen) atoms. The summed E-state index contributed by atoms with van der Waals surface area (Å²) in [5.41, 5.74) is 7.28. The van der Waals surface area contributed by atoms with Crippen molar-refractivity contribution >= 4 is 11.5 Å². The fourth-order valence-corrected chi connectivity index (χ4v) is 3.76. The highest BCUT2D eigenvalue weighted by molar-refractivity contribution is 5.70. The van der Waals surface area contributed by atoms with E-state index in [-0.39, 0.29) is 5.56 Å². The van der Waals surface area contributed by atoms with Crippen LogP contribution in [0, 0.1) is 6.92 Å². The van der Waals surface area contributed by atoms with Gasteiger partial charge in [-0.25, -0.2) is 14.5 Å². The standard InChI is InChI=1S/C25H26F3N5O4/c1-15-23(17-12-18(25(26,27)28)24(29)30-14-17)33-22(31-15)7-5-19(32-33)16-4-6-20(21(13-16)35-3)37-11-10-36-9-8-34-2/h4-7,12-14H,8-11H2,1-3H3,(H2,29,30). The fourth-order valence-electron chi connectivity index (χ4n) is 3.76. The lowest BCUT2D eigenvalue weighted by Gasteiger charge is -2.13. The highest BCUT2D eigenvalue weighted by Gasteiger charge is 2.34. The number of methoxy groups -OCH3 is 2. The van der Waals surface area contributed by atoms with Crippen LogP contribution in [0.4, 0.5) is 19.0 Å². The van der Waals surface area contributed by atoms with Crippen molar-refractivity contribution in [2.45, 2.75) is 13.1 Å². The van der Waals surface area contributed by atoms with Crippen molar-refractivity contribution in [3.8, 4) is 34.0 Å². The summed E-state index contributed by atoms with van der Waals surface area (Å²) in [6, 6.07) is 9.81. The predicted octanol–water partition coefficient (Wildman–Crippen LogP) is 4.42. The number of nitrogen functional groups attached to an aromatic ring is 1. The summed E-state index contributed by atoms with van der Waals surface area (Å²) < 4.78 is 63.4. The van der Waals surface area contributed by atoms with Crippen LogP contribution in [-0.4, -0.2) is 60.2 Å². The number of hydrogen-bond acceptors (Lipinski definition) is 8. The van der Waals surface area contributed by atoms with E-state index in [0.29, 0.717) is 66.2 Å². The Morgan fingerprint density at radius 3 is 2.46 bits per heavy atom. The molecule has 0 bridgehead atoms. The third-order valence-electron chi connectivity index (χ3n) is 5.53. The van der Waals surface area contributed by atoms with Crippen LogP contribution in [0.15, 0.2) is 42.6 Å². The molecule has 1 aromatic carbocycles. The van der Waals surface area contributed by atoms with Crippen LogP contribution in [0.1, 0.15) is 11.3 Å². The van der Waals surface area contributed by atoms with Crippen molar-refractivity contribution in [1.29, 1.82) is 0 Å². The van der Waals surface area contributed by atoms with Gasteiger partial charge in [0.25, 0.3) is 0 Å². The van der Waals surface area contributed by atoms with Gasteiger partial charge in [-0.1, -0.05) is 0 Å². The summed E-state index contributed by atoms with van der Waals surface area (Å²) in [6.07, 6.45) is -3.36. The maximum atomic E-state index is 13.4. The van der Waals surface area contributed by atoms with Gasteiger partial charge in [0.1, 0.15) is 12.4 Å². The molecule has 3 aromatic heterocycles. The molecule has 0 aliphatic rings. The van der Waals surface area contributed by atoms with Crippen LogP contribution in [-0.2, 0) is 15.7 Å². The molecule has 196 valence electrons. The van der Waals surface area contributed by atoms with E-state index < -0.39 is 17.6 Å². The predicted molar refractivity (Wildman–Crippen MR) is 131 cm³/mol. The highest BCUT2D eigenvalue weighted by Crippen LogP contribution is 2.36. The molecular formula is C25H26F3N5O4. The van der Waals surface area contributed by atoms with Crippen LogP contribution >= 0.6 is 0 Å². The number of anilines is 1. The Morgan fingerprint density at radius 2 is 1.73 bits per heavy atom. The summed E-state index contributed by atoms with van der Waals surface area (Å²) in [6.45, 7) is 3.40. The summed E-state index contributed by atoms with van der Waals surface area (Å²) in [5, 5.41) is 4.65. The van der Waals surface area contributed by atoms with Crippen molar-refractivity contribution in [2.75, 3.05) is 46.4 Å². The molecule has 0 unspecified atom stereocenters. The number of halogens is 3.